The van der Waals surface area contributed by atoms with Gasteiger partial charge in [0.2, 0.25) is 0 Å². The van der Waals surface area contributed by atoms with Crippen LogP contribution in [0.3, 0.4) is 0 Å². The minimum Gasteiger partial charge on any atom is -0.389 e. The first-order chi connectivity index (χ1) is 13.1. The summed E-state index contributed by atoms with van der Waals surface area (Å²) in [6.45, 7) is 6.04. The standard InChI is InChI=1S/C23H37BN2O/c24-20-8-6-7-19(17-20)22(23(27)11-2-1-3-12-23)18-25-15-9-21(10-16-25)26-13-4-5-14-26/h6-8,17,21-22,27H,1-5,9-16,18,24H2. The van der Waals surface area contributed by atoms with E-state index in [0.717, 1.165) is 25.4 Å². The lowest BCUT2D eigenvalue weighted by Crippen LogP contribution is -2.48. The van der Waals surface area contributed by atoms with Crippen LogP contribution in [0.15, 0.2) is 24.3 Å². The van der Waals surface area contributed by atoms with Gasteiger partial charge < -0.3 is 14.9 Å². The Morgan fingerprint density at radius 1 is 1.00 bits per heavy atom. The van der Waals surface area contributed by atoms with Crippen LogP contribution in [0.1, 0.15) is 69.3 Å². The Labute approximate surface area is 166 Å². The fraction of sp³-hybridized carbons (Fsp3) is 0.739. The molecule has 148 valence electrons. The lowest BCUT2D eigenvalue weighted by Gasteiger charge is -2.44. The van der Waals surface area contributed by atoms with Crippen molar-refractivity contribution in [3.05, 3.63) is 29.8 Å². The first kappa shape index (κ1) is 19.5. The number of hydrogen-bond donors (Lipinski definition) is 1. The number of likely N-dealkylation sites (tertiary alicyclic amines) is 2. The number of piperidine rings is 1. The smallest absolute Gasteiger partial charge is 0.139 e. The van der Waals surface area contributed by atoms with Crippen LogP contribution in [0.5, 0.6) is 0 Å². The maximum Gasteiger partial charge on any atom is 0.139 e. The molecule has 1 saturated carbocycles. The molecule has 0 aromatic heterocycles. The minimum absolute atomic E-state index is 0.251. The Kier molecular flexibility index (Phi) is 6.26. The molecule has 3 aliphatic rings. The van der Waals surface area contributed by atoms with E-state index in [0.29, 0.717) is 0 Å². The van der Waals surface area contributed by atoms with E-state index in [-0.39, 0.29) is 5.92 Å². The topological polar surface area (TPSA) is 26.7 Å². The Balaban J connectivity index is 1.45. The molecule has 4 rings (SSSR count). The fourth-order valence-corrected chi connectivity index (χ4v) is 5.82. The molecule has 1 unspecified atom stereocenters. The highest BCUT2D eigenvalue weighted by molar-refractivity contribution is 6.32. The summed E-state index contributed by atoms with van der Waals surface area (Å²) in [5, 5.41) is 11.6. The Morgan fingerprint density at radius 2 is 1.70 bits per heavy atom. The maximum atomic E-state index is 11.6. The number of nitrogens with zero attached hydrogens (tertiary/aromatic N) is 2. The van der Waals surface area contributed by atoms with Crippen LogP contribution in [0.4, 0.5) is 0 Å². The molecular formula is C23H37BN2O. The SMILES string of the molecule is Bc1cccc(C(CN2CCC(N3CCCC3)CC2)C2(O)CCCCC2)c1. The predicted molar refractivity (Wildman–Crippen MR) is 116 cm³/mol. The van der Waals surface area contributed by atoms with Gasteiger partial charge >= 0.3 is 0 Å². The largest absolute Gasteiger partial charge is 0.389 e. The van der Waals surface area contributed by atoms with Crippen LogP contribution in [0.25, 0.3) is 0 Å². The van der Waals surface area contributed by atoms with Crippen molar-refractivity contribution in [1.29, 1.82) is 0 Å². The van der Waals surface area contributed by atoms with Crippen molar-refractivity contribution >= 4 is 13.3 Å². The second-order valence-electron chi connectivity index (χ2n) is 9.41. The maximum absolute atomic E-state index is 11.6. The van der Waals surface area contributed by atoms with Crippen molar-refractivity contribution in [3.63, 3.8) is 0 Å². The van der Waals surface area contributed by atoms with E-state index in [1.165, 1.54) is 82.2 Å². The molecule has 27 heavy (non-hydrogen) atoms. The number of benzene rings is 1. The van der Waals surface area contributed by atoms with Gasteiger partial charge in [-0.1, -0.05) is 49.0 Å². The summed E-state index contributed by atoms with van der Waals surface area (Å²) < 4.78 is 0. The highest BCUT2D eigenvalue weighted by atomic mass is 16.3. The van der Waals surface area contributed by atoms with E-state index in [9.17, 15) is 5.11 Å². The van der Waals surface area contributed by atoms with Crippen molar-refractivity contribution in [2.24, 2.45) is 0 Å². The molecule has 0 spiro atoms. The zero-order valence-electron chi connectivity index (χ0n) is 17.2. The second kappa shape index (κ2) is 8.67. The Morgan fingerprint density at radius 3 is 2.37 bits per heavy atom. The van der Waals surface area contributed by atoms with Crippen LogP contribution in [0.2, 0.25) is 0 Å². The molecule has 2 heterocycles. The summed E-state index contributed by atoms with van der Waals surface area (Å²) in [6, 6.07) is 9.71. The van der Waals surface area contributed by atoms with Crippen LogP contribution in [-0.4, -0.2) is 67.1 Å². The molecule has 0 radical (unpaired) electrons. The summed E-state index contributed by atoms with van der Waals surface area (Å²) in [6.07, 6.45) is 11.0. The van der Waals surface area contributed by atoms with E-state index < -0.39 is 5.60 Å². The third-order valence-electron chi connectivity index (χ3n) is 7.47. The molecule has 2 saturated heterocycles. The van der Waals surface area contributed by atoms with E-state index in [2.05, 4.69) is 41.9 Å². The summed E-state index contributed by atoms with van der Waals surface area (Å²) in [4.78, 5) is 5.37. The van der Waals surface area contributed by atoms with Crippen molar-refractivity contribution in [1.82, 2.24) is 9.80 Å². The van der Waals surface area contributed by atoms with E-state index in [1.54, 1.807) is 0 Å². The van der Waals surface area contributed by atoms with Crippen LogP contribution in [-0.2, 0) is 0 Å². The summed E-state index contributed by atoms with van der Waals surface area (Å²) in [5.74, 6) is 0.251. The van der Waals surface area contributed by atoms with Gasteiger partial charge in [0, 0.05) is 18.5 Å². The molecule has 1 aromatic carbocycles. The first-order valence-electron chi connectivity index (χ1n) is 11.4. The van der Waals surface area contributed by atoms with Crippen molar-refractivity contribution < 1.29 is 5.11 Å². The average Bonchev–Trinajstić information content (AvgIpc) is 3.22. The van der Waals surface area contributed by atoms with Gasteiger partial charge in [0.15, 0.2) is 0 Å². The van der Waals surface area contributed by atoms with E-state index >= 15 is 0 Å². The number of rotatable bonds is 5. The van der Waals surface area contributed by atoms with E-state index in [1.807, 2.05) is 0 Å². The Bertz CT molecular complexity index is 602. The number of aliphatic hydroxyl groups is 1. The van der Waals surface area contributed by atoms with Gasteiger partial charge in [0.1, 0.15) is 7.85 Å². The van der Waals surface area contributed by atoms with Gasteiger partial charge in [-0.25, -0.2) is 0 Å². The van der Waals surface area contributed by atoms with Crippen LogP contribution < -0.4 is 5.46 Å². The zero-order valence-corrected chi connectivity index (χ0v) is 17.2. The van der Waals surface area contributed by atoms with Gasteiger partial charge in [-0.05, 0) is 70.3 Å². The monoisotopic (exact) mass is 368 g/mol. The quantitative estimate of drug-likeness (QED) is 0.808. The lowest BCUT2D eigenvalue weighted by atomic mass is 9.71. The minimum atomic E-state index is -0.516. The molecule has 1 aliphatic carbocycles. The van der Waals surface area contributed by atoms with Crippen molar-refractivity contribution in [2.75, 3.05) is 32.7 Å². The van der Waals surface area contributed by atoms with Gasteiger partial charge in [-0.3, -0.25) is 0 Å². The normalized spacial score (nSPS) is 26.3. The molecule has 1 N–H and O–H groups in total. The fourth-order valence-electron chi connectivity index (χ4n) is 5.82. The predicted octanol–water partition coefficient (Wildman–Crippen LogP) is 2.28. The molecule has 3 nitrogen and oxygen atoms in total. The highest BCUT2D eigenvalue weighted by Crippen LogP contribution is 2.40. The first-order valence-corrected chi connectivity index (χ1v) is 11.4. The summed E-state index contributed by atoms with van der Waals surface area (Å²) >= 11 is 0. The molecular weight excluding hydrogens is 331 g/mol. The molecule has 0 bridgehead atoms. The molecule has 3 fully saturated rings. The molecule has 0 amide bonds. The molecule has 2 aliphatic heterocycles. The van der Waals surface area contributed by atoms with Crippen LogP contribution >= 0.6 is 0 Å². The highest BCUT2D eigenvalue weighted by Gasteiger charge is 2.40. The molecule has 1 atom stereocenters. The average molecular weight is 368 g/mol. The third-order valence-corrected chi connectivity index (χ3v) is 7.47. The number of hydrogen-bond acceptors (Lipinski definition) is 3. The third kappa shape index (κ3) is 4.60. The summed E-state index contributed by atoms with van der Waals surface area (Å²) in [7, 11) is 2.17. The van der Waals surface area contributed by atoms with Gasteiger partial charge in [0.05, 0.1) is 5.60 Å². The molecule has 4 heteroatoms. The summed E-state index contributed by atoms with van der Waals surface area (Å²) in [5.41, 5.74) is 2.14. The second-order valence-corrected chi connectivity index (χ2v) is 9.41. The lowest BCUT2D eigenvalue weighted by molar-refractivity contribution is -0.0338. The van der Waals surface area contributed by atoms with Gasteiger partial charge in [-0.15, -0.1) is 0 Å². The van der Waals surface area contributed by atoms with Gasteiger partial charge in [0.25, 0.3) is 0 Å². The van der Waals surface area contributed by atoms with Gasteiger partial charge in [-0.2, -0.15) is 0 Å². The van der Waals surface area contributed by atoms with E-state index in [4.69, 9.17) is 0 Å². The van der Waals surface area contributed by atoms with Crippen LogP contribution in [0, 0.1) is 0 Å². The molecule has 1 aromatic rings. The Hall–Kier alpha value is -0.835. The van der Waals surface area contributed by atoms with Crippen molar-refractivity contribution in [3.8, 4) is 0 Å². The van der Waals surface area contributed by atoms with Crippen molar-refractivity contribution in [2.45, 2.75) is 75.3 Å². The zero-order chi connectivity index (χ0) is 18.7.